The van der Waals surface area contributed by atoms with Gasteiger partial charge in [0.15, 0.2) is 0 Å². The summed E-state index contributed by atoms with van der Waals surface area (Å²) >= 11 is 0. The standard InChI is InChI=1S/C9H13NO/c1-10-6-7-5-8(7)9-3-2-4-11-9/h2-4,7-8,10H,5-6H2,1H3/t7-,8+/m1/s1. The van der Waals surface area contributed by atoms with E-state index in [4.69, 9.17) is 4.42 Å². The van der Waals surface area contributed by atoms with Gasteiger partial charge in [-0.2, -0.15) is 0 Å². The molecule has 1 aromatic rings. The SMILES string of the molecule is CNC[C@H]1C[C@@H]1c1ccco1. The average molecular weight is 151 g/mol. The Hall–Kier alpha value is -0.760. The zero-order valence-electron chi connectivity index (χ0n) is 6.71. The molecule has 2 atom stereocenters. The van der Waals surface area contributed by atoms with E-state index in [9.17, 15) is 0 Å². The predicted octanol–water partition coefficient (Wildman–Crippen LogP) is 1.60. The van der Waals surface area contributed by atoms with Crippen LogP contribution in [0.15, 0.2) is 22.8 Å². The van der Waals surface area contributed by atoms with Crippen LogP contribution in [0, 0.1) is 5.92 Å². The lowest BCUT2D eigenvalue weighted by molar-refractivity contribution is 0.501. The van der Waals surface area contributed by atoms with Gasteiger partial charge in [-0.15, -0.1) is 0 Å². The van der Waals surface area contributed by atoms with Gasteiger partial charge in [0, 0.05) is 5.92 Å². The molecule has 1 aromatic heterocycles. The van der Waals surface area contributed by atoms with Crippen molar-refractivity contribution in [2.45, 2.75) is 12.3 Å². The summed E-state index contributed by atoms with van der Waals surface area (Å²) in [6, 6.07) is 4.03. The van der Waals surface area contributed by atoms with Crippen molar-refractivity contribution < 1.29 is 4.42 Å². The van der Waals surface area contributed by atoms with E-state index in [-0.39, 0.29) is 0 Å². The molecule has 1 aliphatic rings. The van der Waals surface area contributed by atoms with Crippen LogP contribution in [0.2, 0.25) is 0 Å². The second kappa shape index (κ2) is 2.70. The molecular formula is C9H13NO. The first-order chi connectivity index (χ1) is 5.42. The Morgan fingerprint density at radius 3 is 3.27 bits per heavy atom. The average Bonchev–Trinajstić information content (AvgIpc) is 2.61. The van der Waals surface area contributed by atoms with Gasteiger partial charge in [0.05, 0.1) is 6.26 Å². The van der Waals surface area contributed by atoms with Crippen molar-refractivity contribution >= 4 is 0 Å². The summed E-state index contributed by atoms with van der Waals surface area (Å²) < 4.78 is 5.31. The zero-order chi connectivity index (χ0) is 7.68. The molecule has 2 heteroatoms. The van der Waals surface area contributed by atoms with E-state index in [1.165, 1.54) is 6.42 Å². The van der Waals surface area contributed by atoms with Crippen LogP contribution in [0.5, 0.6) is 0 Å². The normalized spacial score (nSPS) is 28.8. The molecule has 1 aliphatic carbocycles. The highest BCUT2D eigenvalue weighted by molar-refractivity contribution is 5.15. The first-order valence-electron chi connectivity index (χ1n) is 4.10. The molecule has 2 nitrogen and oxygen atoms in total. The summed E-state index contributed by atoms with van der Waals surface area (Å²) in [5.41, 5.74) is 0. The summed E-state index contributed by atoms with van der Waals surface area (Å²) in [6.07, 6.45) is 3.04. The van der Waals surface area contributed by atoms with Gasteiger partial charge >= 0.3 is 0 Å². The number of rotatable bonds is 3. The molecular weight excluding hydrogens is 138 g/mol. The van der Waals surface area contributed by atoms with Gasteiger partial charge in [0.1, 0.15) is 5.76 Å². The molecule has 0 saturated heterocycles. The van der Waals surface area contributed by atoms with Gasteiger partial charge in [-0.1, -0.05) is 0 Å². The Morgan fingerprint density at radius 1 is 1.73 bits per heavy atom. The Morgan fingerprint density at radius 2 is 2.64 bits per heavy atom. The number of hydrogen-bond acceptors (Lipinski definition) is 2. The molecule has 0 aromatic carbocycles. The molecule has 0 spiro atoms. The second-order valence-corrected chi connectivity index (χ2v) is 3.18. The van der Waals surface area contributed by atoms with Gasteiger partial charge in [0.25, 0.3) is 0 Å². The molecule has 1 N–H and O–H groups in total. The van der Waals surface area contributed by atoms with Crippen LogP contribution in [-0.4, -0.2) is 13.6 Å². The van der Waals surface area contributed by atoms with Crippen LogP contribution in [0.4, 0.5) is 0 Å². The molecule has 11 heavy (non-hydrogen) atoms. The van der Waals surface area contributed by atoms with Crippen molar-refractivity contribution in [2.75, 3.05) is 13.6 Å². The molecule has 60 valence electrons. The Labute approximate surface area is 66.6 Å². The third kappa shape index (κ3) is 1.31. The molecule has 1 fully saturated rings. The van der Waals surface area contributed by atoms with E-state index in [1.54, 1.807) is 6.26 Å². The Kier molecular flexibility index (Phi) is 1.70. The van der Waals surface area contributed by atoms with E-state index in [0.717, 1.165) is 18.2 Å². The Bertz CT molecular complexity index is 217. The van der Waals surface area contributed by atoms with Gasteiger partial charge in [-0.3, -0.25) is 0 Å². The van der Waals surface area contributed by atoms with E-state index < -0.39 is 0 Å². The predicted molar refractivity (Wildman–Crippen MR) is 43.5 cm³/mol. The van der Waals surface area contributed by atoms with Crippen molar-refractivity contribution in [2.24, 2.45) is 5.92 Å². The van der Waals surface area contributed by atoms with Crippen molar-refractivity contribution in [3.05, 3.63) is 24.2 Å². The van der Waals surface area contributed by atoms with Crippen LogP contribution >= 0.6 is 0 Å². The maximum atomic E-state index is 5.31. The minimum absolute atomic E-state index is 0.692. The molecule has 1 heterocycles. The smallest absolute Gasteiger partial charge is 0.107 e. The van der Waals surface area contributed by atoms with E-state index in [2.05, 4.69) is 11.4 Å². The fourth-order valence-corrected chi connectivity index (χ4v) is 1.59. The summed E-state index contributed by atoms with van der Waals surface area (Å²) in [7, 11) is 2.00. The first kappa shape index (κ1) is 6.92. The summed E-state index contributed by atoms with van der Waals surface area (Å²) in [4.78, 5) is 0. The Balaban J connectivity index is 1.92. The fourth-order valence-electron chi connectivity index (χ4n) is 1.59. The van der Waals surface area contributed by atoms with E-state index >= 15 is 0 Å². The van der Waals surface area contributed by atoms with Crippen LogP contribution in [0.3, 0.4) is 0 Å². The number of nitrogens with one attached hydrogen (secondary N) is 1. The number of furan rings is 1. The van der Waals surface area contributed by atoms with Crippen LogP contribution in [0.1, 0.15) is 18.1 Å². The quantitative estimate of drug-likeness (QED) is 0.709. The van der Waals surface area contributed by atoms with Gasteiger partial charge in [-0.25, -0.2) is 0 Å². The van der Waals surface area contributed by atoms with Crippen molar-refractivity contribution in [1.82, 2.24) is 5.32 Å². The summed E-state index contributed by atoms with van der Waals surface area (Å²) in [5.74, 6) is 2.66. The van der Waals surface area contributed by atoms with Crippen molar-refractivity contribution in [3.8, 4) is 0 Å². The topological polar surface area (TPSA) is 25.2 Å². The van der Waals surface area contributed by atoms with Gasteiger partial charge < -0.3 is 9.73 Å². The lowest BCUT2D eigenvalue weighted by atomic mass is 10.2. The van der Waals surface area contributed by atoms with Crippen LogP contribution in [0.25, 0.3) is 0 Å². The maximum Gasteiger partial charge on any atom is 0.107 e. The molecule has 0 amide bonds. The highest BCUT2D eigenvalue weighted by Gasteiger charge is 2.39. The van der Waals surface area contributed by atoms with Crippen LogP contribution in [-0.2, 0) is 0 Å². The molecule has 0 aliphatic heterocycles. The summed E-state index contributed by atoms with van der Waals surface area (Å²) in [5, 5.41) is 3.18. The third-order valence-electron chi connectivity index (χ3n) is 2.30. The number of hydrogen-bond donors (Lipinski definition) is 1. The monoisotopic (exact) mass is 151 g/mol. The second-order valence-electron chi connectivity index (χ2n) is 3.18. The lowest BCUT2D eigenvalue weighted by Gasteiger charge is -1.94. The maximum absolute atomic E-state index is 5.31. The minimum Gasteiger partial charge on any atom is -0.469 e. The van der Waals surface area contributed by atoms with E-state index in [1.807, 2.05) is 13.1 Å². The van der Waals surface area contributed by atoms with Gasteiger partial charge in [0.2, 0.25) is 0 Å². The largest absolute Gasteiger partial charge is 0.469 e. The molecule has 1 saturated carbocycles. The molecule has 2 rings (SSSR count). The van der Waals surface area contributed by atoms with Crippen molar-refractivity contribution in [3.63, 3.8) is 0 Å². The van der Waals surface area contributed by atoms with E-state index in [0.29, 0.717) is 5.92 Å². The highest BCUT2D eigenvalue weighted by atomic mass is 16.3. The van der Waals surface area contributed by atoms with Crippen molar-refractivity contribution in [1.29, 1.82) is 0 Å². The molecule has 0 bridgehead atoms. The molecule has 0 radical (unpaired) electrons. The minimum atomic E-state index is 0.692. The highest BCUT2D eigenvalue weighted by Crippen LogP contribution is 2.46. The lowest BCUT2D eigenvalue weighted by Crippen LogP contribution is -2.09. The third-order valence-corrected chi connectivity index (χ3v) is 2.30. The van der Waals surface area contributed by atoms with Gasteiger partial charge in [-0.05, 0) is 38.1 Å². The zero-order valence-corrected chi connectivity index (χ0v) is 6.71. The molecule has 0 unspecified atom stereocenters. The first-order valence-corrected chi connectivity index (χ1v) is 4.10. The summed E-state index contributed by atoms with van der Waals surface area (Å²) in [6.45, 7) is 1.12. The van der Waals surface area contributed by atoms with Crippen LogP contribution < -0.4 is 5.32 Å². The fraction of sp³-hybridized carbons (Fsp3) is 0.556.